The maximum atomic E-state index is 14.5. The molecule has 10 heteroatoms. The van der Waals surface area contributed by atoms with Crippen molar-refractivity contribution in [1.82, 2.24) is 14.8 Å². The van der Waals surface area contributed by atoms with Gasteiger partial charge in [0.2, 0.25) is 0 Å². The average Bonchev–Trinajstić information content (AvgIpc) is 3.08. The van der Waals surface area contributed by atoms with Gasteiger partial charge in [-0.3, -0.25) is 0 Å². The van der Waals surface area contributed by atoms with E-state index in [4.69, 9.17) is 44.3 Å². The SMILES string of the molecule is CCCOC(=O)COc1nc(-c2ccc(Cl)cc2Cl)n(-c2ccc(Cl)cc2F)n1. The van der Waals surface area contributed by atoms with Crippen LogP contribution >= 0.6 is 34.8 Å². The fourth-order valence-corrected chi connectivity index (χ4v) is 3.05. The number of aromatic nitrogens is 3. The lowest BCUT2D eigenvalue weighted by molar-refractivity contribution is -0.146. The molecule has 1 aromatic heterocycles. The molecule has 0 spiro atoms. The second kappa shape index (κ2) is 9.43. The van der Waals surface area contributed by atoms with Gasteiger partial charge in [0.1, 0.15) is 11.5 Å². The van der Waals surface area contributed by atoms with E-state index in [9.17, 15) is 9.18 Å². The Morgan fingerprint density at radius 3 is 2.55 bits per heavy atom. The smallest absolute Gasteiger partial charge is 0.344 e. The maximum absolute atomic E-state index is 14.5. The van der Waals surface area contributed by atoms with Gasteiger partial charge in [-0.05, 0) is 42.8 Å². The van der Waals surface area contributed by atoms with E-state index in [2.05, 4.69) is 10.1 Å². The number of benzene rings is 2. The monoisotopic (exact) mass is 457 g/mol. The van der Waals surface area contributed by atoms with Crippen LogP contribution in [-0.4, -0.2) is 33.9 Å². The molecule has 0 saturated heterocycles. The number of hydrogen-bond donors (Lipinski definition) is 0. The Morgan fingerprint density at radius 2 is 1.86 bits per heavy atom. The van der Waals surface area contributed by atoms with E-state index < -0.39 is 11.8 Å². The zero-order chi connectivity index (χ0) is 21.0. The van der Waals surface area contributed by atoms with Crippen molar-refractivity contribution >= 4 is 40.8 Å². The molecule has 29 heavy (non-hydrogen) atoms. The average molecular weight is 459 g/mol. The summed E-state index contributed by atoms with van der Waals surface area (Å²) in [5.74, 6) is -0.987. The highest BCUT2D eigenvalue weighted by atomic mass is 35.5. The van der Waals surface area contributed by atoms with Gasteiger partial charge in [0.05, 0.1) is 11.6 Å². The van der Waals surface area contributed by atoms with Crippen LogP contribution in [0.4, 0.5) is 4.39 Å². The molecule has 152 valence electrons. The Balaban J connectivity index is 2.00. The first-order valence-corrected chi connectivity index (χ1v) is 9.68. The highest BCUT2D eigenvalue weighted by Gasteiger charge is 2.20. The number of esters is 1. The van der Waals surface area contributed by atoms with Crippen LogP contribution in [0.5, 0.6) is 6.01 Å². The van der Waals surface area contributed by atoms with Crippen LogP contribution in [0.3, 0.4) is 0 Å². The number of carbonyl (C=O) groups excluding carboxylic acids is 1. The van der Waals surface area contributed by atoms with E-state index >= 15 is 0 Å². The first-order valence-electron chi connectivity index (χ1n) is 8.55. The minimum atomic E-state index is -0.623. The molecule has 1 heterocycles. The lowest BCUT2D eigenvalue weighted by Gasteiger charge is -2.08. The van der Waals surface area contributed by atoms with Crippen molar-refractivity contribution in [3.8, 4) is 23.1 Å². The van der Waals surface area contributed by atoms with E-state index in [1.807, 2.05) is 6.92 Å². The third kappa shape index (κ3) is 5.18. The molecule has 0 aliphatic heterocycles. The van der Waals surface area contributed by atoms with Gasteiger partial charge in [-0.1, -0.05) is 41.7 Å². The Labute approximate surface area is 181 Å². The van der Waals surface area contributed by atoms with Crippen LogP contribution in [0.2, 0.25) is 15.1 Å². The highest BCUT2D eigenvalue weighted by Crippen LogP contribution is 2.32. The molecule has 3 rings (SSSR count). The number of nitrogens with zero attached hydrogens (tertiary/aromatic N) is 3. The summed E-state index contributed by atoms with van der Waals surface area (Å²) >= 11 is 18.1. The van der Waals surface area contributed by atoms with Crippen molar-refractivity contribution in [3.05, 3.63) is 57.3 Å². The summed E-state index contributed by atoms with van der Waals surface area (Å²) in [5, 5.41) is 5.11. The van der Waals surface area contributed by atoms with Crippen molar-refractivity contribution in [1.29, 1.82) is 0 Å². The second-order valence-electron chi connectivity index (χ2n) is 5.86. The zero-order valence-electron chi connectivity index (χ0n) is 15.2. The molecule has 0 bridgehead atoms. The van der Waals surface area contributed by atoms with E-state index in [-0.39, 0.29) is 40.8 Å². The van der Waals surface area contributed by atoms with E-state index in [0.29, 0.717) is 17.0 Å². The Bertz CT molecular complexity index is 974. The van der Waals surface area contributed by atoms with Gasteiger partial charge in [-0.15, -0.1) is 5.10 Å². The van der Waals surface area contributed by atoms with Crippen molar-refractivity contribution in [2.24, 2.45) is 0 Å². The van der Waals surface area contributed by atoms with Gasteiger partial charge in [0.15, 0.2) is 12.4 Å². The minimum Gasteiger partial charge on any atom is -0.463 e. The summed E-state index contributed by atoms with van der Waals surface area (Å²) in [6.45, 7) is 1.77. The van der Waals surface area contributed by atoms with Gasteiger partial charge in [0, 0.05) is 15.6 Å². The van der Waals surface area contributed by atoms with Crippen molar-refractivity contribution in [2.45, 2.75) is 13.3 Å². The number of ether oxygens (including phenoxy) is 2. The summed E-state index contributed by atoms with van der Waals surface area (Å²) in [5.41, 5.74) is 0.521. The molecule has 0 atom stereocenters. The predicted molar refractivity (Wildman–Crippen MR) is 109 cm³/mol. The van der Waals surface area contributed by atoms with Crippen molar-refractivity contribution in [3.63, 3.8) is 0 Å². The second-order valence-corrected chi connectivity index (χ2v) is 7.14. The minimum absolute atomic E-state index is 0.0753. The Hall–Kier alpha value is -2.35. The molecule has 0 aliphatic carbocycles. The largest absolute Gasteiger partial charge is 0.463 e. The molecule has 0 saturated carbocycles. The predicted octanol–water partition coefficient (Wildman–Crippen LogP) is 5.37. The summed E-state index contributed by atoms with van der Waals surface area (Å²) < 4.78 is 26.0. The van der Waals surface area contributed by atoms with Crippen LogP contribution in [-0.2, 0) is 9.53 Å². The molecular formula is C19H15Cl3FN3O3. The van der Waals surface area contributed by atoms with Gasteiger partial charge in [0.25, 0.3) is 0 Å². The fraction of sp³-hybridized carbons (Fsp3) is 0.211. The fourth-order valence-electron chi connectivity index (χ4n) is 2.40. The van der Waals surface area contributed by atoms with Gasteiger partial charge >= 0.3 is 12.0 Å². The van der Waals surface area contributed by atoms with E-state index in [0.717, 1.165) is 6.07 Å². The van der Waals surface area contributed by atoms with Crippen molar-refractivity contribution in [2.75, 3.05) is 13.2 Å². The molecular weight excluding hydrogens is 444 g/mol. The Morgan fingerprint density at radius 1 is 1.14 bits per heavy atom. The Kier molecular flexibility index (Phi) is 6.95. The maximum Gasteiger partial charge on any atom is 0.344 e. The summed E-state index contributed by atoms with van der Waals surface area (Å²) in [6.07, 6.45) is 0.688. The topological polar surface area (TPSA) is 66.2 Å². The quantitative estimate of drug-likeness (QED) is 0.446. The number of halogens is 4. The van der Waals surface area contributed by atoms with Crippen LogP contribution in [0, 0.1) is 5.82 Å². The first-order chi connectivity index (χ1) is 13.9. The lowest BCUT2D eigenvalue weighted by atomic mass is 10.2. The molecule has 0 amide bonds. The molecule has 2 aromatic carbocycles. The number of hydrogen-bond acceptors (Lipinski definition) is 5. The molecule has 3 aromatic rings. The standard InChI is InChI=1S/C19H15Cl3FN3O3/c1-2-7-28-17(27)10-29-19-24-18(13-5-3-11(20)8-14(13)22)26(25-19)16-6-4-12(21)9-15(16)23/h3-6,8-9H,2,7,10H2,1H3. The van der Waals surface area contributed by atoms with Crippen molar-refractivity contribution < 1.29 is 18.7 Å². The first kappa shape index (κ1) is 21.4. The molecule has 0 fully saturated rings. The molecule has 0 N–H and O–H groups in total. The molecule has 0 aliphatic rings. The van der Waals surface area contributed by atoms with Gasteiger partial charge < -0.3 is 9.47 Å². The van der Waals surface area contributed by atoms with Gasteiger partial charge in [-0.2, -0.15) is 4.98 Å². The van der Waals surface area contributed by atoms with Crippen LogP contribution in [0.25, 0.3) is 17.1 Å². The highest BCUT2D eigenvalue weighted by molar-refractivity contribution is 6.36. The normalized spacial score (nSPS) is 10.8. The zero-order valence-corrected chi connectivity index (χ0v) is 17.4. The summed E-state index contributed by atoms with van der Waals surface area (Å²) in [6, 6.07) is 8.72. The lowest BCUT2D eigenvalue weighted by Crippen LogP contribution is -2.15. The number of carbonyl (C=O) groups is 1. The summed E-state index contributed by atoms with van der Waals surface area (Å²) in [4.78, 5) is 15.9. The van der Waals surface area contributed by atoms with E-state index in [1.165, 1.54) is 22.9 Å². The third-order valence-electron chi connectivity index (χ3n) is 3.68. The van der Waals surface area contributed by atoms with Crippen LogP contribution in [0.15, 0.2) is 36.4 Å². The molecule has 0 radical (unpaired) electrons. The van der Waals surface area contributed by atoms with Crippen LogP contribution < -0.4 is 4.74 Å². The molecule has 0 unspecified atom stereocenters. The molecule has 6 nitrogen and oxygen atoms in total. The van der Waals surface area contributed by atoms with Gasteiger partial charge in [-0.25, -0.2) is 13.9 Å². The number of rotatable bonds is 7. The third-order valence-corrected chi connectivity index (χ3v) is 4.47. The summed E-state index contributed by atoms with van der Waals surface area (Å²) in [7, 11) is 0. The van der Waals surface area contributed by atoms with Crippen LogP contribution in [0.1, 0.15) is 13.3 Å². The van der Waals surface area contributed by atoms with E-state index in [1.54, 1.807) is 12.1 Å².